The van der Waals surface area contributed by atoms with E-state index >= 15 is 0 Å². The molecule has 0 radical (unpaired) electrons. The van der Waals surface area contributed by atoms with Crippen molar-refractivity contribution < 1.29 is 9.18 Å². The lowest BCUT2D eigenvalue weighted by atomic mass is 10.0. The van der Waals surface area contributed by atoms with Gasteiger partial charge in [0.05, 0.1) is 4.88 Å². The fourth-order valence-corrected chi connectivity index (χ4v) is 2.77. The van der Waals surface area contributed by atoms with Gasteiger partial charge in [0.2, 0.25) is 0 Å². The number of ketones is 1. The van der Waals surface area contributed by atoms with Gasteiger partial charge >= 0.3 is 0 Å². The Hall–Kier alpha value is -1.48. The van der Waals surface area contributed by atoms with Crippen molar-refractivity contribution in [1.82, 2.24) is 0 Å². The molecule has 0 fully saturated rings. The van der Waals surface area contributed by atoms with Gasteiger partial charge in [-0.05, 0) is 55.7 Å². The molecule has 1 aromatic heterocycles. The minimum Gasteiger partial charge on any atom is -0.293 e. The largest absolute Gasteiger partial charge is 0.293 e. The molecule has 0 saturated carbocycles. The molecule has 1 nitrogen and oxygen atoms in total. The Kier molecular flexibility index (Phi) is 3.62. The van der Waals surface area contributed by atoms with E-state index in [1.54, 1.807) is 6.07 Å². The fourth-order valence-electron chi connectivity index (χ4n) is 1.80. The summed E-state index contributed by atoms with van der Waals surface area (Å²) >= 11 is 1.51. The van der Waals surface area contributed by atoms with Gasteiger partial charge < -0.3 is 0 Å². The van der Waals surface area contributed by atoms with Gasteiger partial charge in [-0.2, -0.15) is 0 Å². The Balaban J connectivity index is 2.23. The van der Waals surface area contributed by atoms with Crippen molar-refractivity contribution in [2.45, 2.75) is 27.2 Å². The predicted octanol–water partition coefficient (Wildman–Crippen LogP) is 4.24. The second-order valence-corrected chi connectivity index (χ2v) is 5.78. The minimum absolute atomic E-state index is 0.0601. The molecule has 0 atom stereocenters. The Morgan fingerprint density at radius 3 is 2.50 bits per heavy atom. The number of carbonyl (C=O) groups excluding carboxylic acids is 1. The average Bonchev–Trinajstić information content (AvgIpc) is 2.64. The molecule has 0 aliphatic carbocycles. The zero-order valence-corrected chi connectivity index (χ0v) is 11.5. The first-order valence-electron chi connectivity index (χ1n) is 5.82. The number of aryl methyl sites for hydroxylation is 3. The van der Waals surface area contributed by atoms with Gasteiger partial charge in [-0.3, -0.25) is 4.79 Å². The number of halogens is 1. The van der Waals surface area contributed by atoms with E-state index in [4.69, 9.17) is 0 Å². The van der Waals surface area contributed by atoms with Crippen molar-refractivity contribution in [3.05, 3.63) is 56.5 Å². The van der Waals surface area contributed by atoms with E-state index < -0.39 is 0 Å². The number of carbonyl (C=O) groups is 1. The minimum atomic E-state index is -0.290. The van der Waals surface area contributed by atoms with Crippen LogP contribution in [0.2, 0.25) is 0 Å². The van der Waals surface area contributed by atoms with Crippen LogP contribution in [0.4, 0.5) is 4.39 Å². The highest BCUT2D eigenvalue weighted by Gasteiger charge is 2.13. The third-order valence-corrected chi connectivity index (χ3v) is 4.30. The molecule has 0 bridgehead atoms. The number of benzene rings is 1. The summed E-state index contributed by atoms with van der Waals surface area (Å²) in [6.45, 7) is 5.90. The van der Waals surface area contributed by atoms with Crippen molar-refractivity contribution in [3.63, 3.8) is 0 Å². The maximum atomic E-state index is 13.2. The first-order valence-corrected chi connectivity index (χ1v) is 6.64. The van der Waals surface area contributed by atoms with E-state index in [-0.39, 0.29) is 18.0 Å². The maximum Gasteiger partial charge on any atom is 0.177 e. The molecule has 3 heteroatoms. The standard InChI is InChI=1S/C15H15FOS/c1-9-4-5-13(16)7-12(9)8-14(17)15-6-10(2)11(3)18-15/h4-7H,8H2,1-3H3. The van der Waals surface area contributed by atoms with Crippen molar-refractivity contribution in [3.8, 4) is 0 Å². The van der Waals surface area contributed by atoms with Gasteiger partial charge in [-0.1, -0.05) is 6.07 Å². The number of rotatable bonds is 3. The van der Waals surface area contributed by atoms with E-state index in [9.17, 15) is 9.18 Å². The first-order chi connectivity index (χ1) is 8.47. The number of hydrogen-bond donors (Lipinski definition) is 0. The molecule has 0 unspecified atom stereocenters. The topological polar surface area (TPSA) is 17.1 Å². The van der Waals surface area contributed by atoms with Crippen LogP contribution in [0.1, 0.15) is 31.2 Å². The Labute approximate surface area is 110 Å². The summed E-state index contributed by atoms with van der Waals surface area (Å²) in [6.07, 6.45) is 0.267. The molecular weight excluding hydrogens is 247 g/mol. The zero-order chi connectivity index (χ0) is 13.3. The van der Waals surface area contributed by atoms with Crippen molar-refractivity contribution in [2.24, 2.45) is 0 Å². The van der Waals surface area contributed by atoms with Crippen LogP contribution in [0.25, 0.3) is 0 Å². The smallest absolute Gasteiger partial charge is 0.177 e. The molecule has 0 amide bonds. The predicted molar refractivity (Wildman–Crippen MR) is 73.0 cm³/mol. The van der Waals surface area contributed by atoms with Crippen LogP contribution in [0.15, 0.2) is 24.3 Å². The van der Waals surface area contributed by atoms with Crippen molar-refractivity contribution in [1.29, 1.82) is 0 Å². The van der Waals surface area contributed by atoms with Gasteiger partial charge in [0.15, 0.2) is 5.78 Å². The summed E-state index contributed by atoms with van der Waals surface area (Å²) in [5.74, 6) is -0.230. The number of hydrogen-bond acceptors (Lipinski definition) is 2. The van der Waals surface area contributed by atoms with E-state index in [1.807, 2.05) is 26.8 Å². The van der Waals surface area contributed by atoms with E-state index in [1.165, 1.54) is 23.5 Å². The van der Waals surface area contributed by atoms with Gasteiger partial charge in [-0.15, -0.1) is 11.3 Å². The van der Waals surface area contributed by atoms with Crippen LogP contribution < -0.4 is 0 Å². The second-order valence-electron chi connectivity index (χ2n) is 4.52. The summed E-state index contributed by atoms with van der Waals surface area (Å²) < 4.78 is 13.2. The third kappa shape index (κ3) is 2.67. The molecule has 2 aromatic rings. The lowest BCUT2D eigenvalue weighted by Crippen LogP contribution is -2.03. The highest BCUT2D eigenvalue weighted by Crippen LogP contribution is 2.23. The summed E-state index contributed by atoms with van der Waals surface area (Å²) in [7, 11) is 0. The fraction of sp³-hybridized carbons (Fsp3) is 0.267. The summed E-state index contributed by atoms with van der Waals surface area (Å²) in [4.78, 5) is 14.1. The summed E-state index contributed by atoms with van der Waals surface area (Å²) in [6, 6.07) is 6.49. The van der Waals surface area contributed by atoms with Gasteiger partial charge in [-0.25, -0.2) is 4.39 Å². The Morgan fingerprint density at radius 1 is 1.17 bits per heavy atom. The third-order valence-electron chi connectivity index (χ3n) is 3.10. The Bertz CT molecular complexity index is 579. The van der Waals surface area contributed by atoms with Crippen molar-refractivity contribution in [2.75, 3.05) is 0 Å². The normalized spacial score (nSPS) is 10.7. The highest BCUT2D eigenvalue weighted by molar-refractivity contribution is 7.14. The lowest BCUT2D eigenvalue weighted by Gasteiger charge is -2.04. The maximum absolute atomic E-state index is 13.2. The van der Waals surface area contributed by atoms with Crippen LogP contribution in [-0.4, -0.2) is 5.78 Å². The van der Waals surface area contributed by atoms with Gasteiger partial charge in [0, 0.05) is 11.3 Å². The SMILES string of the molecule is Cc1ccc(F)cc1CC(=O)c1cc(C)c(C)s1. The molecule has 94 valence electrons. The Morgan fingerprint density at radius 2 is 1.89 bits per heavy atom. The van der Waals surface area contributed by atoms with E-state index in [0.29, 0.717) is 0 Å². The van der Waals surface area contributed by atoms with Crippen LogP contribution in [0.3, 0.4) is 0 Å². The van der Waals surface area contributed by atoms with E-state index in [2.05, 4.69) is 0 Å². The van der Waals surface area contributed by atoms with Crippen LogP contribution >= 0.6 is 11.3 Å². The van der Waals surface area contributed by atoms with Gasteiger partial charge in [0.1, 0.15) is 5.82 Å². The number of Topliss-reactive ketones (excluding diaryl/α,β-unsaturated/α-hetero) is 1. The zero-order valence-electron chi connectivity index (χ0n) is 10.7. The number of thiophene rings is 1. The molecule has 1 aromatic carbocycles. The molecular formula is C15H15FOS. The first kappa shape index (κ1) is 13.0. The molecule has 0 spiro atoms. The molecule has 0 aliphatic heterocycles. The van der Waals surface area contributed by atoms with Gasteiger partial charge in [0.25, 0.3) is 0 Å². The molecule has 0 N–H and O–H groups in total. The monoisotopic (exact) mass is 262 g/mol. The highest BCUT2D eigenvalue weighted by atomic mass is 32.1. The molecule has 1 heterocycles. The van der Waals surface area contributed by atoms with E-state index in [0.717, 1.165) is 26.4 Å². The van der Waals surface area contributed by atoms with Crippen LogP contribution in [-0.2, 0) is 6.42 Å². The molecule has 2 rings (SSSR count). The molecule has 0 saturated heterocycles. The molecule has 18 heavy (non-hydrogen) atoms. The van der Waals surface area contributed by atoms with Crippen LogP contribution in [0.5, 0.6) is 0 Å². The van der Waals surface area contributed by atoms with Crippen LogP contribution in [0, 0.1) is 26.6 Å². The van der Waals surface area contributed by atoms with Crippen molar-refractivity contribution >= 4 is 17.1 Å². The lowest BCUT2D eigenvalue weighted by molar-refractivity contribution is 0.0996. The second kappa shape index (κ2) is 5.02. The summed E-state index contributed by atoms with van der Waals surface area (Å²) in [5, 5.41) is 0. The molecule has 0 aliphatic rings. The quantitative estimate of drug-likeness (QED) is 0.756. The average molecular weight is 262 g/mol. The summed E-state index contributed by atoms with van der Waals surface area (Å²) in [5.41, 5.74) is 2.86.